The molecule has 0 amide bonds. The third-order valence-electron chi connectivity index (χ3n) is 6.69. The van der Waals surface area contributed by atoms with E-state index in [9.17, 15) is 8.78 Å². The molecule has 1 atom stereocenters. The fourth-order valence-electron chi connectivity index (χ4n) is 4.70. The fraction of sp³-hybridized carbons (Fsp3) is 0.269. The van der Waals surface area contributed by atoms with Crippen LogP contribution in [0.2, 0.25) is 0 Å². The molecule has 0 spiro atoms. The van der Waals surface area contributed by atoms with Crippen molar-refractivity contribution in [2.24, 2.45) is 7.05 Å². The molecule has 1 aliphatic heterocycles. The van der Waals surface area contributed by atoms with Gasteiger partial charge in [-0.05, 0) is 25.1 Å². The molecule has 0 aliphatic carbocycles. The molecule has 1 aromatic carbocycles. The highest BCUT2D eigenvalue weighted by atomic mass is 19.1. The summed E-state index contributed by atoms with van der Waals surface area (Å²) in [7, 11) is 1.90. The minimum atomic E-state index is -0.626. The number of benzene rings is 1. The number of aromatic nitrogens is 7. The smallest absolute Gasteiger partial charge is 0.225 e. The highest BCUT2D eigenvalue weighted by Gasteiger charge is 2.23. The summed E-state index contributed by atoms with van der Waals surface area (Å²) in [5.74, 6) is 0.282. The van der Waals surface area contributed by atoms with E-state index >= 15 is 0 Å². The molecule has 1 unspecified atom stereocenters. The molecular formula is C26H26F2N10. The first kappa shape index (κ1) is 23.8. The number of fused-ring (bicyclic) bond motifs is 1. The lowest BCUT2D eigenvalue weighted by molar-refractivity contribution is 0.583. The number of hydrogen-bond acceptors (Lipinski definition) is 8. The molecule has 0 radical (unpaired) electrons. The Morgan fingerprint density at radius 1 is 0.816 bits per heavy atom. The maximum absolute atomic E-state index is 13.5. The molecule has 1 N–H and O–H groups in total. The van der Waals surface area contributed by atoms with Gasteiger partial charge in [0.15, 0.2) is 5.82 Å². The van der Waals surface area contributed by atoms with Gasteiger partial charge in [-0.1, -0.05) is 0 Å². The maximum atomic E-state index is 13.5. The number of anilines is 3. The first-order chi connectivity index (χ1) is 18.4. The van der Waals surface area contributed by atoms with Gasteiger partial charge in [0.1, 0.15) is 23.5 Å². The van der Waals surface area contributed by atoms with Crippen LogP contribution in [0.5, 0.6) is 0 Å². The molecular weight excluding hydrogens is 490 g/mol. The van der Waals surface area contributed by atoms with Gasteiger partial charge in [-0.3, -0.25) is 4.68 Å². The Morgan fingerprint density at radius 3 is 2.21 bits per heavy atom. The second kappa shape index (κ2) is 9.69. The van der Waals surface area contributed by atoms with Gasteiger partial charge in [-0.15, -0.1) is 0 Å². The number of hydrogen-bond donors (Lipinski definition) is 1. The zero-order chi connectivity index (χ0) is 26.2. The van der Waals surface area contributed by atoms with Gasteiger partial charge in [0, 0.05) is 86.5 Å². The molecule has 1 fully saturated rings. The van der Waals surface area contributed by atoms with Crippen molar-refractivity contribution >= 4 is 23.0 Å². The van der Waals surface area contributed by atoms with Crippen molar-refractivity contribution in [2.45, 2.75) is 13.0 Å². The molecule has 12 heteroatoms. The lowest BCUT2D eigenvalue weighted by atomic mass is 10.1. The molecule has 38 heavy (non-hydrogen) atoms. The standard InChI is InChI=1S/C26H26F2N10/c1-17(34-23-9-21(27)8-22(28)10-23)19-11-29-26(30-12-19)37-5-3-36(4-6-37)25-24-7-18(15-38(24)33-16-31-25)20-13-32-35(2)14-20/h7-17,34H,3-6H2,1-2H3. The van der Waals surface area contributed by atoms with Crippen molar-refractivity contribution in [2.75, 3.05) is 41.3 Å². The Balaban J connectivity index is 1.12. The molecule has 0 saturated carbocycles. The number of nitrogens with zero attached hydrogens (tertiary/aromatic N) is 9. The monoisotopic (exact) mass is 516 g/mol. The van der Waals surface area contributed by atoms with Crippen LogP contribution in [0, 0.1) is 11.6 Å². The molecule has 194 valence electrons. The zero-order valence-electron chi connectivity index (χ0n) is 21.0. The maximum Gasteiger partial charge on any atom is 0.225 e. The summed E-state index contributed by atoms with van der Waals surface area (Å²) < 4.78 is 30.6. The van der Waals surface area contributed by atoms with Crippen molar-refractivity contribution in [3.63, 3.8) is 0 Å². The topological polar surface area (TPSA) is 92.3 Å². The highest BCUT2D eigenvalue weighted by Crippen LogP contribution is 2.27. The van der Waals surface area contributed by atoms with E-state index in [0.717, 1.165) is 60.3 Å². The predicted octanol–water partition coefficient (Wildman–Crippen LogP) is 3.70. The Kier molecular flexibility index (Phi) is 6.06. The van der Waals surface area contributed by atoms with Crippen LogP contribution in [-0.4, -0.2) is 60.5 Å². The fourth-order valence-corrected chi connectivity index (χ4v) is 4.70. The number of piperazine rings is 1. The Labute approximate surface area is 217 Å². The van der Waals surface area contributed by atoms with E-state index in [4.69, 9.17) is 0 Å². The second-order valence-corrected chi connectivity index (χ2v) is 9.36. The van der Waals surface area contributed by atoms with E-state index < -0.39 is 11.6 Å². The normalized spacial score (nSPS) is 14.7. The summed E-state index contributed by atoms with van der Waals surface area (Å²) in [6, 6.07) is 5.23. The van der Waals surface area contributed by atoms with Crippen molar-refractivity contribution in [1.29, 1.82) is 0 Å². The van der Waals surface area contributed by atoms with E-state index in [0.29, 0.717) is 11.6 Å². The van der Waals surface area contributed by atoms with Crippen molar-refractivity contribution in [3.05, 3.63) is 78.8 Å². The third-order valence-corrected chi connectivity index (χ3v) is 6.69. The van der Waals surface area contributed by atoms with Gasteiger partial charge in [0.2, 0.25) is 5.95 Å². The van der Waals surface area contributed by atoms with Crippen molar-refractivity contribution in [1.82, 2.24) is 34.3 Å². The number of nitrogens with one attached hydrogen (secondary N) is 1. The Bertz CT molecular complexity index is 1550. The van der Waals surface area contributed by atoms with E-state index in [1.54, 1.807) is 23.4 Å². The minimum absolute atomic E-state index is 0.221. The van der Waals surface area contributed by atoms with Gasteiger partial charge in [-0.2, -0.15) is 10.2 Å². The van der Waals surface area contributed by atoms with Gasteiger partial charge < -0.3 is 15.1 Å². The van der Waals surface area contributed by atoms with Crippen LogP contribution in [0.15, 0.2) is 61.6 Å². The van der Waals surface area contributed by atoms with E-state index in [1.165, 1.54) is 12.1 Å². The molecule has 10 nitrogen and oxygen atoms in total. The minimum Gasteiger partial charge on any atom is -0.378 e. The second-order valence-electron chi connectivity index (χ2n) is 9.36. The predicted molar refractivity (Wildman–Crippen MR) is 140 cm³/mol. The number of rotatable bonds is 6. The molecule has 1 saturated heterocycles. The van der Waals surface area contributed by atoms with Gasteiger partial charge in [0.25, 0.3) is 0 Å². The van der Waals surface area contributed by atoms with Gasteiger partial charge >= 0.3 is 0 Å². The Morgan fingerprint density at radius 2 is 1.53 bits per heavy atom. The first-order valence-electron chi connectivity index (χ1n) is 12.3. The largest absolute Gasteiger partial charge is 0.378 e. The molecule has 0 bridgehead atoms. The zero-order valence-corrected chi connectivity index (χ0v) is 21.0. The first-order valence-corrected chi connectivity index (χ1v) is 12.3. The highest BCUT2D eigenvalue weighted by molar-refractivity contribution is 5.77. The van der Waals surface area contributed by atoms with Crippen LogP contribution < -0.4 is 15.1 Å². The number of aryl methyl sites for hydroxylation is 1. The summed E-state index contributed by atoms with van der Waals surface area (Å²) in [4.78, 5) is 18.1. The van der Waals surface area contributed by atoms with E-state index in [1.807, 2.05) is 37.1 Å². The average Bonchev–Trinajstić information content (AvgIpc) is 3.54. The SMILES string of the molecule is CC(Nc1cc(F)cc(F)c1)c1cnc(N2CCN(c3ncnn4cc(-c5cnn(C)c5)cc34)CC2)nc1. The van der Waals surface area contributed by atoms with Crippen LogP contribution in [0.3, 0.4) is 0 Å². The summed E-state index contributed by atoms with van der Waals surface area (Å²) in [5, 5.41) is 11.7. The van der Waals surface area contributed by atoms with Crippen LogP contribution in [-0.2, 0) is 7.05 Å². The van der Waals surface area contributed by atoms with Crippen LogP contribution >= 0.6 is 0 Å². The molecule has 6 rings (SSSR count). The average molecular weight is 517 g/mol. The van der Waals surface area contributed by atoms with E-state index in [-0.39, 0.29) is 6.04 Å². The van der Waals surface area contributed by atoms with Crippen LogP contribution in [0.4, 0.5) is 26.2 Å². The van der Waals surface area contributed by atoms with Crippen LogP contribution in [0.25, 0.3) is 16.6 Å². The third kappa shape index (κ3) is 4.72. The van der Waals surface area contributed by atoms with Crippen molar-refractivity contribution < 1.29 is 8.78 Å². The molecule has 1 aliphatic rings. The summed E-state index contributed by atoms with van der Waals surface area (Å²) in [6.45, 7) is 4.89. The van der Waals surface area contributed by atoms with E-state index in [2.05, 4.69) is 46.3 Å². The Hall–Kier alpha value is -4.61. The van der Waals surface area contributed by atoms with Gasteiger partial charge in [0.05, 0.1) is 12.2 Å². The quantitative estimate of drug-likeness (QED) is 0.365. The number of halogens is 2. The summed E-state index contributed by atoms with van der Waals surface area (Å²) in [5.41, 5.74) is 4.20. The molecule has 4 aromatic heterocycles. The van der Waals surface area contributed by atoms with Crippen LogP contribution in [0.1, 0.15) is 18.5 Å². The van der Waals surface area contributed by atoms with Crippen molar-refractivity contribution in [3.8, 4) is 11.1 Å². The van der Waals surface area contributed by atoms with Gasteiger partial charge in [-0.25, -0.2) is 28.2 Å². The molecule has 5 aromatic rings. The summed E-state index contributed by atoms with van der Waals surface area (Å²) >= 11 is 0. The molecule has 5 heterocycles. The lowest BCUT2D eigenvalue weighted by Gasteiger charge is -2.35. The lowest BCUT2D eigenvalue weighted by Crippen LogP contribution is -2.47. The summed E-state index contributed by atoms with van der Waals surface area (Å²) in [6.07, 6.45) is 10.9.